The number of tetrazole rings is 1. The smallest absolute Gasteiger partial charge is 0.229 e. The van der Waals surface area contributed by atoms with Gasteiger partial charge in [0, 0.05) is 17.1 Å². The number of hydrogen-bond donors (Lipinski definition) is 2. The summed E-state index contributed by atoms with van der Waals surface area (Å²) in [5.74, 6) is 0.976. The van der Waals surface area contributed by atoms with E-state index in [1.807, 2.05) is 13.0 Å². The SMILES string of the molecule is CC1(N)CCCCC1C(=O)Nc1ccc(Cl)c(-n2nnnc2C2CC2)c1. The van der Waals surface area contributed by atoms with Gasteiger partial charge in [0.25, 0.3) is 0 Å². The predicted octanol–water partition coefficient (Wildman–Crippen LogP) is 3.04. The monoisotopic (exact) mass is 374 g/mol. The molecule has 8 heteroatoms. The second-order valence-electron chi connectivity index (χ2n) is 7.68. The van der Waals surface area contributed by atoms with E-state index < -0.39 is 5.54 Å². The highest BCUT2D eigenvalue weighted by atomic mass is 35.5. The number of amides is 1. The Bertz CT molecular complexity index is 829. The van der Waals surface area contributed by atoms with Gasteiger partial charge in [0.2, 0.25) is 5.91 Å². The molecule has 0 aliphatic heterocycles. The van der Waals surface area contributed by atoms with E-state index in [2.05, 4.69) is 20.8 Å². The molecule has 1 aromatic carbocycles. The fourth-order valence-electron chi connectivity index (χ4n) is 3.73. The molecule has 138 valence electrons. The third kappa shape index (κ3) is 3.33. The number of benzene rings is 1. The molecule has 4 rings (SSSR count). The van der Waals surface area contributed by atoms with Gasteiger partial charge in [0.15, 0.2) is 5.82 Å². The Morgan fingerprint density at radius 1 is 1.35 bits per heavy atom. The predicted molar refractivity (Wildman–Crippen MR) is 99.3 cm³/mol. The lowest BCUT2D eigenvalue weighted by Gasteiger charge is -2.37. The molecule has 26 heavy (non-hydrogen) atoms. The van der Waals surface area contributed by atoms with Gasteiger partial charge in [0.1, 0.15) is 0 Å². The van der Waals surface area contributed by atoms with Crippen molar-refractivity contribution in [2.45, 2.75) is 56.9 Å². The van der Waals surface area contributed by atoms with Crippen molar-refractivity contribution in [1.82, 2.24) is 20.2 Å². The van der Waals surface area contributed by atoms with Crippen LogP contribution >= 0.6 is 11.6 Å². The molecular weight excluding hydrogens is 352 g/mol. The molecule has 1 heterocycles. The fraction of sp³-hybridized carbons (Fsp3) is 0.556. The van der Waals surface area contributed by atoms with Gasteiger partial charge in [-0.25, -0.2) is 0 Å². The number of carbonyl (C=O) groups is 1. The van der Waals surface area contributed by atoms with Gasteiger partial charge in [0.05, 0.1) is 16.6 Å². The molecule has 1 amide bonds. The topological polar surface area (TPSA) is 98.7 Å². The van der Waals surface area contributed by atoms with Crippen LogP contribution in [-0.2, 0) is 4.79 Å². The van der Waals surface area contributed by atoms with Gasteiger partial charge in [-0.2, -0.15) is 4.68 Å². The summed E-state index contributed by atoms with van der Waals surface area (Å²) in [6, 6.07) is 5.37. The van der Waals surface area contributed by atoms with Crippen LogP contribution in [0.15, 0.2) is 18.2 Å². The van der Waals surface area contributed by atoms with Crippen LogP contribution in [-0.4, -0.2) is 31.7 Å². The highest BCUT2D eigenvalue weighted by molar-refractivity contribution is 6.32. The van der Waals surface area contributed by atoms with Crippen LogP contribution in [0, 0.1) is 5.92 Å². The first-order chi connectivity index (χ1) is 12.5. The van der Waals surface area contributed by atoms with Crippen molar-refractivity contribution in [1.29, 1.82) is 0 Å². The molecule has 7 nitrogen and oxygen atoms in total. The molecule has 2 aromatic rings. The maximum absolute atomic E-state index is 12.8. The Morgan fingerprint density at radius 2 is 2.15 bits per heavy atom. The summed E-state index contributed by atoms with van der Waals surface area (Å²) in [5, 5.41) is 15.5. The van der Waals surface area contributed by atoms with Gasteiger partial charge >= 0.3 is 0 Å². The summed E-state index contributed by atoms with van der Waals surface area (Å²) in [7, 11) is 0. The minimum absolute atomic E-state index is 0.0397. The first-order valence-corrected chi connectivity index (χ1v) is 9.51. The molecule has 0 radical (unpaired) electrons. The molecule has 2 atom stereocenters. The maximum atomic E-state index is 12.8. The van der Waals surface area contributed by atoms with Crippen molar-refractivity contribution in [3.05, 3.63) is 29.0 Å². The summed E-state index contributed by atoms with van der Waals surface area (Å²) >= 11 is 6.37. The zero-order valence-electron chi connectivity index (χ0n) is 14.8. The van der Waals surface area contributed by atoms with E-state index in [0.29, 0.717) is 22.3 Å². The number of nitrogens with two attached hydrogens (primary N) is 1. The number of anilines is 1. The largest absolute Gasteiger partial charge is 0.326 e. The van der Waals surface area contributed by atoms with Crippen molar-refractivity contribution < 1.29 is 4.79 Å². The molecule has 0 saturated heterocycles. The van der Waals surface area contributed by atoms with E-state index in [-0.39, 0.29) is 11.8 Å². The van der Waals surface area contributed by atoms with Gasteiger partial charge in [-0.15, -0.1) is 5.10 Å². The zero-order chi connectivity index (χ0) is 18.3. The van der Waals surface area contributed by atoms with Crippen molar-refractivity contribution >= 4 is 23.2 Å². The highest BCUT2D eigenvalue weighted by Gasteiger charge is 2.38. The third-order valence-corrected chi connectivity index (χ3v) is 5.77. The molecule has 1 aromatic heterocycles. The van der Waals surface area contributed by atoms with Crippen molar-refractivity contribution in [2.75, 3.05) is 5.32 Å². The molecule has 0 bridgehead atoms. The van der Waals surface area contributed by atoms with Crippen molar-refractivity contribution in [3.63, 3.8) is 0 Å². The molecule has 0 spiro atoms. The average molecular weight is 375 g/mol. The van der Waals surface area contributed by atoms with Crippen LogP contribution in [0.5, 0.6) is 0 Å². The minimum Gasteiger partial charge on any atom is -0.326 e. The van der Waals surface area contributed by atoms with Crippen molar-refractivity contribution in [3.8, 4) is 5.69 Å². The highest BCUT2D eigenvalue weighted by Crippen LogP contribution is 2.40. The Morgan fingerprint density at radius 3 is 2.88 bits per heavy atom. The van der Waals surface area contributed by atoms with Crippen molar-refractivity contribution in [2.24, 2.45) is 11.7 Å². The minimum atomic E-state index is -0.466. The van der Waals surface area contributed by atoms with E-state index >= 15 is 0 Å². The van der Waals surface area contributed by atoms with E-state index in [9.17, 15) is 4.79 Å². The van der Waals surface area contributed by atoms with Gasteiger partial charge in [-0.1, -0.05) is 24.4 Å². The first kappa shape index (κ1) is 17.4. The Hall–Kier alpha value is -1.99. The summed E-state index contributed by atoms with van der Waals surface area (Å²) in [4.78, 5) is 12.8. The van der Waals surface area contributed by atoms with Gasteiger partial charge in [-0.05, 0) is 61.2 Å². The molecule has 3 N–H and O–H groups in total. The summed E-state index contributed by atoms with van der Waals surface area (Å²) in [6.45, 7) is 1.96. The van der Waals surface area contributed by atoms with Crippen LogP contribution in [0.4, 0.5) is 5.69 Å². The van der Waals surface area contributed by atoms with E-state index in [1.165, 1.54) is 0 Å². The lowest BCUT2D eigenvalue weighted by atomic mass is 9.74. The number of aromatic nitrogens is 4. The Balaban J connectivity index is 1.58. The second kappa shape index (κ2) is 6.63. The lowest BCUT2D eigenvalue weighted by molar-refractivity contribution is -0.122. The van der Waals surface area contributed by atoms with Crippen LogP contribution in [0.3, 0.4) is 0 Å². The van der Waals surface area contributed by atoms with E-state index in [4.69, 9.17) is 17.3 Å². The number of nitrogens with zero attached hydrogens (tertiary/aromatic N) is 4. The lowest BCUT2D eigenvalue weighted by Crippen LogP contribution is -2.51. The average Bonchev–Trinajstić information content (AvgIpc) is 3.33. The molecule has 2 aliphatic carbocycles. The second-order valence-corrected chi connectivity index (χ2v) is 8.09. The number of carbonyl (C=O) groups excluding carboxylic acids is 1. The van der Waals surface area contributed by atoms with Crippen LogP contribution in [0.1, 0.15) is 57.2 Å². The van der Waals surface area contributed by atoms with Crippen LogP contribution < -0.4 is 11.1 Å². The van der Waals surface area contributed by atoms with Gasteiger partial charge in [-0.3, -0.25) is 4.79 Å². The molecule has 2 unspecified atom stereocenters. The molecule has 2 aliphatic rings. The molecule has 2 saturated carbocycles. The van der Waals surface area contributed by atoms with Crippen LogP contribution in [0.2, 0.25) is 5.02 Å². The fourth-order valence-corrected chi connectivity index (χ4v) is 3.93. The number of rotatable bonds is 4. The van der Waals surface area contributed by atoms with Gasteiger partial charge < -0.3 is 11.1 Å². The quantitative estimate of drug-likeness (QED) is 0.856. The van der Waals surface area contributed by atoms with E-state index in [0.717, 1.165) is 44.3 Å². The van der Waals surface area contributed by atoms with E-state index in [1.54, 1.807) is 16.8 Å². The summed E-state index contributed by atoms with van der Waals surface area (Å²) in [6.07, 6.45) is 5.97. The first-order valence-electron chi connectivity index (χ1n) is 9.13. The Kier molecular flexibility index (Phi) is 4.44. The summed E-state index contributed by atoms with van der Waals surface area (Å²) < 4.78 is 1.67. The third-order valence-electron chi connectivity index (χ3n) is 5.45. The molecule has 2 fully saturated rings. The zero-order valence-corrected chi connectivity index (χ0v) is 15.5. The van der Waals surface area contributed by atoms with Crippen LogP contribution in [0.25, 0.3) is 5.69 Å². The Labute approximate surface area is 157 Å². The number of nitrogens with one attached hydrogen (secondary N) is 1. The number of hydrogen-bond acceptors (Lipinski definition) is 5. The number of halogens is 1. The summed E-state index contributed by atoms with van der Waals surface area (Å²) in [5.41, 5.74) is 7.24. The normalized spacial score (nSPS) is 25.9. The standard InChI is InChI=1S/C18H23ClN6O/c1-18(20)9-3-2-4-13(18)17(26)21-12-7-8-14(19)15(10-12)25-16(11-5-6-11)22-23-24-25/h7-8,10-11,13H,2-6,9,20H2,1H3,(H,21,26). The molecular formula is C18H23ClN6O. The maximum Gasteiger partial charge on any atom is 0.229 e.